The highest BCUT2D eigenvalue weighted by Gasteiger charge is 2.42. The molecule has 1 aromatic carbocycles. The molecule has 2 heterocycles. The Morgan fingerprint density at radius 2 is 1.90 bits per heavy atom. The fraction of sp³-hybridized carbons (Fsp3) is 0.708. The summed E-state index contributed by atoms with van der Waals surface area (Å²) in [6.07, 6.45) is 2.37. The molecule has 0 bridgehead atoms. The Kier molecular flexibility index (Phi) is 7.18. The monoisotopic (exact) mass is 434 g/mol. The highest BCUT2D eigenvalue weighted by molar-refractivity contribution is 5.77. The zero-order valence-electron chi connectivity index (χ0n) is 19.7. The lowest BCUT2D eigenvalue weighted by Crippen LogP contribution is -2.54. The van der Waals surface area contributed by atoms with Gasteiger partial charge in [0.15, 0.2) is 11.5 Å². The maximum absolute atomic E-state index is 12.7. The first-order chi connectivity index (χ1) is 14.5. The molecule has 1 saturated heterocycles. The summed E-state index contributed by atoms with van der Waals surface area (Å²) in [5.74, 6) is 1.64. The number of aliphatic hydroxyl groups is 1. The summed E-state index contributed by atoms with van der Waals surface area (Å²) < 4.78 is 17.0. The van der Waals surface area contributed by atoms with Crippen molar-refractivity contribution in [1.29, 1.82) is 0 Å². The molecule has 31 heavy (non-hydrogen) atoms. The van der Waals surface area contributed by atoms with Crippen LogP contribution < -0.4 is 15.2 Å². The first-order valence-corrected chi connectivity index (χ1v) is 11.2. The highest BCUT2D eigenvalue weighted by Crippen LogP contribution is 2.44. The number of methoxy groups -OCH3 is 2. The van der Waals surface area contributed by atoms with Crippen LogP contribution >= 0.6 is 0 Å². The first kappa shape index (κ1) is 23.8. The lowest BCUT2D eigenvalue weighted by molar-refractivity contribution is -0.164. The quantitative estimate of drug-likeness (QED) is 0.637. The predicted molar refractivity (Wildman–Crippen MR) is 119 cm³/mol. The fourth-order valence-electron chi connectivity index (χ4n) is 4.89. The number of fused-ring (bicyclic) bond motifs is 3. The maximum atomic E-state index is 12.7. The van der Waals surface area contributed by atoms with Gasteiger partial charge in [-0.3, -0.25) is 9.69 Å². The topological polar surface area (TPSA) is 94.2 Å². The summed E-state index contributed by atoms with van der Waals surface area (Å²) in [5, 5.41) is 10.2. The Balaban J connectivity index is 1.88. The van der Waals surface area contributed by atoms with E-state index in [0.29, 0.717) is 18.1 Å². The molecular weight excluding hydrogens is 396 g/mol. The van der Waals surface area contributed by atoms with Crippen molar-refractivity contribution in [1.82, 2.24) is 4.90 Å². The number of piperidine rings is 1. The summed E-state index contributed by atoms with van der Waals surface area (Å²) in [5.41, 5.74) is 7.10. The second-order valence-corrected chi connectivity index (χ2v) is 9.90. The van der Waals surface area contributed by atoms with Crippen LogP contribution in [0.3, 0.4) is 0 Å². The highest BCUT2D eigenvalue weighted by atomic mass is 16.5. The Bertz CT molecular complexity index is 789. The van der Waals surface area contributed by atoms with Crippen LogP contribution in [0.5, 0.6) is 11.5 Å². The van der Waals surface area contributed by atoms with E-state index in [1.807, 2.05) is 0 Å². The van der Waals surface area contributed by atoms with Gasteiger partial charge >= 0.3 is 5.97 Å². The number of nitrogens with two attached hydrogens (primary N) is 1. The largest absolute Gasteiger partial charge is 0.493 e. The molecule has 7 nitrogen and oxygen atoms in total. The third kappa shape index (κ3) is 5.16. The number of ether oxygens (including phenoxy) is 3. The second-order valence-electron chi connectivity index (χ2n) is 9.90. The second kappa shape index (κ2) is 9.35. The normalized spacial score (nSPS) is 24.9. The zero-order valence-corrected chi connectivity index (χ0v) is 19.7. The van der Waals surface area contributed by atoms with E-state index in [4.69, 9.17) is 19.9 Å². The Labute approximate surface area is 185 Å². The van der Waals surface area contributed by atoms with Gasteiger partial charge in [0.05, 0.1) is 19.8 Å². The van der Waals surface area contributed by atoms with Crippen molar-refractivity contribution in [3.05, 3.63) is 23.3 Å². The number of esters is 1. The summed E-state index contributed by atoms with van der Waals surface area (Å²) in [7, 11) is 3.30. The molecule has 0 radical (unpaired) electrons. The van der Waals surface area contributed by atoms with E-state index in [0.717, 1.165) is 31.7 Å². The first-order valence-electron chi connectivity index (χ1n) is 11.2. The van der Waals surface area contributed by atoms with E-state index in [2.05, 4.69) is 30.9 Å². The molecule has 2 aliphatic rings. The van der Waals surface area contributed by atoms with Crippen molar-refractivity contribution in [2.24, 2.45) is 17.6 Å². The van der Waals surface area contributed by atoms with Crippen molar-refractivity contribution in [3.8, 4) is 11.5 Å². The average molecular weight is 435 g/mol. The van der Waals surface area contributed by atoms with Gasteiger partial charge in [-0.15, -0.1) is 0 Å². The molecule has 3 N–H and O–H groups in total. The van der Waals surface area contributed by atoms with E-state index in [1.165, 1.54) is 25.0 Å². The average Bonchev–Trinajstić information content (AvgIpc) is 2.71. The van der Waals surface area contributed by atoms with Crippen molar-refractivity contribution in [3.63, 3.8) is 0 Å². The van der Waals surface area contributed by atoms with Crippen molar-refractivity contribution >= 4 is 5.97 Å². The molecule has 174 valence electrons. The molecule has 0 unspecified atom stereocenters. The van der Waals surface area contributed by atoms with Crippen LogP contribution in [-0.2, 0) is 16.0 Å². The number of carbonyl (C=O) groups is 1. The minimum absolute atomic E-state index is 0.142. The van der Waals surface area contributed by atoms with E-state index < -0.39 is 17.6 Å². The van der Waals surface area contributed by atoms with Crippen LogP contribution in [0.15, 0.2) is 12.1 Å². The summed E-state index contributed by atoms with van der Waals surface area (Å²) in [4.78, 5) is 15.2. The van der Waals surface area contributed by atoms with Crippen molar-refractivity contribution < 1.29 is 24.1 Å². The molecule has 3 rings (SSSR count). The molecule has 4 atom stereocenters. The summed E-state index contributed by atoms with van der Waals surface area (Å²) in [6, 6.07) is 3.20. The molecule has 0 amide bonds. The Morgan fingerprint density at radius 3 is 2.48 bits per heavy atom. The summed E-state index contributed by atoms with van der Waals surface area (Å²) in [6.45, 7) is 9.28. The van der Waals surface area contributed by atoms with Gasteiger partial charge in [0.25, 0.3) is 0 Å². The van der Waals surface area contributed by atoms with Crippen molar-refractivity contribution in [2.45, 2.75) is 70.7 Å². The lowest BCUT2D eigenvalue weighted by Gasteiger charge is -2.47. The van der Waals surface area contributed by atoms with Crippen LogP contribution in [0.25, 0.3) is 0 Å². The Hall–Kier alpha value is -1.83. The fourth-order valence-corrected chi connectivity index (χ4v) is 4.89. The number of rotatable bonds is 7. The third-order valence-electron chi connectivity index (χ3n) is 6.62. The van der Waals surface area contributed by atoms with Gasteiger partial charge in [-0.25, -0.2) is 0 Å². The minimum atomic E-state index is -1.33. The van der Waals surface area contributed by atoms with Crippen molar-refractivity contribution in [2.75, 3.05) is 27.3 Å². The number of hydrogen-bond acceptors (Lipinski definition) is 7. The van der Waals surface area contributed by atoms with Gasteiger partial charge in [0.1, 0.15) is 12.1 Å². The van der Waals surface area contributed by atoms with Gasteiger partial charge in [-0.2, -0.15) is 0 Å². The molecule has 0 aromatic heterocycles. The van der Waals surface area contributed by atoms with Crippen LogP contribution in [-0.4, -0.2) is 61.0 Å². The van der Waals surface area contributed by atoms with Gasteiger partial charge in [0.2, 0.25) is 0 Å². The van der Waals surface area contributed by atoms with Gasteiger partial charge < -0.3 is 25.1 Å². The van der Waals surface area contributed by atoms with E-state index >= 15 is 0 Å². The third-order valence-corrected chi connectivity index (χ3v) is 6.62. The number of benzene rings is 1. The molecule has 0 aliphatic carbocycles. The molecule has 2 aliphatic heterocycles. The van der Waals surface area contributed by atoms with Crippen LogP contribution in [0.2, 0.25) is 0 Å². The molecule has 1 aromatic rings. The molecule has 0 spiro atoms. The number of nitrogens with zero attached hydrogens (tertiary/aromatic N) is 1. The minimum Gasteiger partial charge on any atom is -0.493 e. The van der Waals surface area contributed by atoms with E-state index in [1.54, 1.807) is 14.2 Å². The lowest BCUT2D eigenvalue weighted by atomic mass is 9.79. The van der Waals surface area contributed by atoms with Crippen LogP contribution in [0.4, 0.5) is 0 Å². The number of hydrogen-bond donors (Lipinski definition) is 2. The SMILES string of the molecule is COc1cc2c(cc1OC)[C@H]1C[C@@H](OC(=O)[C@@H](N)C(C)(C)O)[C@H](CC(C)C)CN1CC2. The molecular formula is C24H38N2O5. The van der Waals surface area contributed by atoms with Gasteiger partial charge in [-0.05, 0) is 55.9 Å². The summed E-state index contributed by atoms with van der Waals surface area (Å²) >= 11 is 0. The van der Waals surface area contributed by atoms with E-state index in [-0.39, 0.29) is 18.1 Å². The molecule has 1 fully saturated rings. The smallest absolute Gasteiger partial charge is 0.326 e. The Morgan fingerprint density at radius 1 is 1.26 bits per heavy atom. The maximum Gasteiger partial charge on any atom is 0.326 e. The van der Waals surface area contributed by atoms with Gasteiger partial charge in [-0.1, -0.05) is 13.8 Å². The van der Waals surface area contributed by atoms with Crippen LogP contribution in [0, 0.1) is 11.8 Å². The molecule has 7 heteroatoms. The van der Waals surface area contributed by atoms with Crippen LogP contribution in [0.1, 0.15) is 57.7 Å². The van der Waals surface area contributed by atoms with E-state index in [9.17, 15) is 9.90 Å². The predicted octanol–water partition coefficient (Wildman–Crippen LogP) is 2.68. The number of carbonyl (C=O) groups excluding carboxylic acids is 1. The van der Waals surface area contributed by atoms with Gasteiger partial charge in [0, 0.05) is 31.5 Å². The zero-order chi connectivity index (χ0) is 22.9. The standard InChI is InChI=1S/C24H38N2O5/c1-14(2)9-16-13-26-8-7-15-10-20(29-5)21(30-6)11-17(15)18(26)12-19(16)31-23(27)22(25)24(3,4)28/h10-11,14,16,18-19,22,28H,7-9,12-13,25H2,1-6H3/t16-,18-,19-,22-/m1/s1. The molecule has 0 saturated carbocycles.